The third kappa shape index (κ3) is 6.28. The Bertz CT molecular complexity index is 918. The molecule has 0 aromatic heterocycles. The van der Waals surface area contributed by atoms with Gasteiger partial charge in [0, 0.05) is 24.4 Å². The first-order valence-corrected chi connectivity index (χ1v) is 11.0. The summed E-state index contributed by atoms with van der Waals surface area (Å²) in [5.74, 6) is 1.10. The number of aryl methyl sites for hydroxylation is 2. The van der Waals surface area contributed by atoms with Gasteiger partial charge in [0.2, 0.25) is 0 Å². The Morgan fingerprint density at radius 2 is 1.39 bits per heavy atom. The summed E-state index contributed by atoms with van der Waals surface area (Å²) in [4.78, 5) is 15.5. The highest BCUT2D eigenvalue weighted by Crippen LogP contribution is 2.31. The smallest absolute Gasteiger partial charge is 0.163 e. The zero-order chi connectivity index (χ0) is 22.2. The molecule has 0 atom stereocenters. The van der Waals surface area contributed by atoms with Crippen LogP contribution in [0.2, 0.25) is 0 Å². The van der Waals surface area contributed by atoms with Crippen LogP contribution in [0.5, 0.6) is 5.75 Å². The lowest BCUT2D eigenvalue weighted by Gasteiger charge is -2.19. The lowest BCUT2D eigenvalue weighted by molar-refractivity contribution is 0.0977. The summed E-state index contributed by atoms with van der Waals surface area (Å²) in [6.45, 7) is 5.72. The fourth-order valence-electron chi connectivity index (χ4n) is 4.00. The second-order valence-electron chi connectivity index (χ2n) is 8.45. The molecular formula is C28H33NO2. The van der Waals surface area contributed by atoms with Crippen molar-refractivity contribution in [3.63, 3.8) is 0 Å². The van der Waals surface area contributed by atoms with Crippen molar-refractivity contribution < 1.29 is 9.53 Å². The first-order chi connectivity index (χ1) is 15.0. The van der Waals surface area contributed by atoms with Crippen LogP contribution in [0, 0.1) is 13.8 Å². The molecule has 0 saturated heterocycles. The average Bonchev–Trinajstić information content (AvgIpc) is 2.77. The van der Waals surface area contributed by atoms with E-state index in [-0.39, 0.29) is 11.7 Å². The van der Waals surface area contributed by atoms with Crippen molar-refractivity contribution in [3.8, 4) is 5.75 Å². The van der Waals surface area contributed by atoms with Crippen molar-refractivity contribution in [2.45, 2.75) is 32.6 Å². The molecule has 0 fully saturated rings. The number of ketones is 1. The first-order valence-electron chi connectivity index (χ1n) is 11.0. The number of hydrogen-bond donors (Lipinski definition) is 0. The summed E-state index contributed by atoms with van der Waals surface area (Å²) in [6, 6.07) is 24.5. The third-order valence-electron chi connectivity index (χ3n) is 5.57. The van der Waals surface area contributed by atoms with Gasteiger partial charge in [0.1, 0.15) is 5.75 Å². The molecule has 31 heavy (non-hydrogen) atoms. The van der Waals surface area contributed by atoms with E-state index in [4.69, 9.17) is 4.74 Å². The van der Waals surface area contributed by atoms with Gasteiger partial charge in [-0.25, -0.2) is 0 Å². The lowest BCUT2D eigenvalue weighted by atomic mass is 9.85. The molecule has 0 heterocycles. The Kier molecular flexibility index (Phi) is 8.02. The maximum absolute atomic E-state index is 13.3. The van der Waals surface area contributed by atoms with Gasteiger partial charge in [0.05, 0.1) is 6.61 Å². The van der Waals surface area contributed by atoms with Crippen LogP contribution in [0.4, 0.5) is 0 Å². The number of benzene rings is 3. The molecule has 0 aliphatic heterocycles. The lowest BCUT2D eigenvalue weighted by Crippen LogP contribution is -2.16. The number of ether oxygens (including phenoxy) is 1. The van der Waals surface area contributed by atoms with Gasteiger partial charge in [-0.05, 0) is 68.8 Å². The molecule has 0 amide bonds. The van der Waals surface area contributed by atoms with Gasteiger partial charge in [-0.15, -0.1) is 0 Å². The number of rotatable bonds is 10. The molecule has 3 aromatic rings. The van der Waals surface area contributed by atoms with Gasteiger partial charge in [-0.1, -0.05) is 60.7 Å². The molecule has 0 unspecified atom stereocenters. The SMILES string of the molecule is Cc1cc(C(=O)CC(c2ccccc2)c2ccccc2)cc(C)c1OCCCN(C)C. The average molecular weight is 416 g/mol. The quantitative estimate of drug-likeness (QED) is 0.299. The van der Waals surface area contributed by atoms with Crippen LogP contribution in [-0.4, -0.2) is 37.9 Å². The predicted octanol–water partition coefficient (Wildman–Crippen LogP) is 6.04. The number of carbonyl (C=O) groups is 1. The highest BCUT2D eigenvalue weighted by molar-refractivity contribution is 5.97. The normalized spacial score (nSPS) is 11.2. The Morgan fingerprint density at radius 3 is 1.87 bits per heavy atom. The van der Waals surface area contributed by atoms with E-state index in [0.717, 1.165) is 46.5 Å². The van der Waals surface area contributed by atoms with E-state index in [9.17, 15) is 4.79 Å². The standard InChI is InChI=1S/C28H33NO2/c1-21-18-25(19-22(2)28(21)31-17-11-16-29(3)4)27(30)20-26(23-12-7-5-8-13-23)24-14-9-6-10-15-24/h5-10,12-15,18-19,26H,11,16-17,20H2,1-4H3. The van der Waals surface area contributed by atoms with Gasteiger partial charge < -0.3 is 9.64 Å². The summed E-state index contributed by atoms with van der Waals surface area (Å²) in [5.41, 5.74) is 5.12. The van der Waals surface area contributed by atoms with Crippen LogP contribution in [-0.2, 0) is 0 Å². The van der Waals surface area contributed by atoms with Crippen LogP contribution in [0.3, 0.4) is 0 Å². The van der Waals surface area contributed by atoms with Crippen molar-refractivity contribution >= 4 is 5.78 Å². The number of hydrogen-bond acceptors (Lipinski definition) is 3. The molecule has 3 nitrogen and oxygen atoms in total. The van der Waals surface area contributed by atoms with E-state index >= 15 is 0 Å². The maximum atomic E-state index is 13.3. The largest absolute Gasteiger partial charge is 0.493 e. The molecule has 0 radical (unpaired) electrons. The van der Waals surface area contributed by atoms with Gasteiger partial charge >= 0.3 is 0 Å². The maximum Gasteiger partial charge on any atom is 0.163 e. The molecular weight excluding hydrogens is 382 g/mol. The van der Waals surface area contributed by atoms with Crippen LogP contribution in [0.15, 0.2) is 72.8 Å². The van der Waals surface area contributed by atoms with Crippen LogP contribution < -0.4 is 4.74 Å². The molecule has 162 valence electrons. The summed E-state index contributed by atoms with van der Waals surface area (Å²) in [6.07, 6.45) is 1.42. The highest BCUT2D eigenvalue weighted by atomic mass is 16.5. The van der Waals surface area contributed by atoms with Crippen LogP contribution >= 0.6 is 0 Å². The van der Waals surface area contributed by atoms with Crippen LogP contribution in [0.25, 0.3) is 0 Å². The second-order valence-corrected chi connectivity index (χ2v) is 8.45. The van der Waals surface area contributed by atoms with Crippen LogP contribution in [0.1, 0.15) is 51.4 Å². The Hall–Kier alpha value is -2.91. The molecule has 0 saturated carbocycles. The van der Waals surface area contributed by atoms with Crippen molar-refractivity contribution in [1.29, 1.82) is 0 Å². The zero-order valence-corrected chi connectivity index (χ0v) is 19.1. The van der Waals surface area contributed by atoms with E-state index in [1.165, 1.54) is 0 Å². The highest BCUT2D eigenvalue weighted by Gasteiger charge is 2.20. The Balaban J connectivity index is 1.78. The Labute approximate surface area is 186 Å². The van der Waals surface area contributed by atoms with E-state index in [1.54, 1.807) is 0 Å². The zero-order valence-electron chi connectivity index (χ0n) is 19.1. The van der Waals surface area contributed by atoms with Gasteiger partial charge in [0.25, 0.3) is 0 Å². The number of carbonyl (C=O) groups excluding carboxylic acids is 1. The topological polar surface area (TPSA) is 29.5 Å². The number of Topliss-reactive ketones (excluding diaryl/α,β-unsaturated/α-hetero) is 1. The molecule has 3 aromatic carbocycles. The summed E-state index contributed by atoms with van der Waals surface area (Å²) < 4.78 is 6.03. The molecule has 3 heteroatoms. The minimum absolute atomic E-state index is 0.0393. The molecule has 0 N–H and O–H groups in total. The second kappa shape index (κ2) is 10.9. The fraction of sp³-hybridized carbons (Fsp3) is 0.321. The first kappa shape index (κ1) is 22.8. The van der Waals surface area contributed by atoms with Gasteiger partial charge in [-0.2, -0.15) is 0 Å². The predicted molar refractivity (Wildman–Crippen MR) is 128 cm³/mol. The van der Waals surface area contributed by atoms with Crippen molar-refractivity contribution in [1.82, 2.24) is 4.90 Å². The fourth-order valence-corrected chi connectivity index (χ4v) is 4.00. The van der Waals surface area contributed by atoms with Crippen molar-refractivity contribution in [2.24, 2.45) is 0 Å². The van der Waals surface area contributed by atoms with Gasteiger partial charge in [0.15, 0.2) is 5.78 Å². The molecule has 0 aliphatic rings. The van der Waals surface area contributed by atoms with Gasteiger partial charge in [-0.3, -0.25) is 4.79 Å². The third-order valence-corrected chi connectivity index (χ3v) is 5.57. The number of nitrogens with zero attached hydrogens (tertiary/aromatic N) is 1. The molecule has 0 bridgehead atoms. The molecule has 0 spiro atoms. The summed E-state index contributed by atoms with van der Waals surface area (Å²) >= 11 is 0. The van der Waals surface area contributed by atoms with Crippen molar-refractivity contribution in [2.75, 3.05) is 27.2 Å². The summed E-state index contributed by atoms with van der Waals surface area (Å²) in [5, 5.41) is 0. The molecule has 3 rings (SSSR count). The van der Waals surface area contributed by atoms with E-state index in [0.29, 0.717) is 13.0 Å². The van der Waals surface area contributed by atoms with E-state index in [1.807, 2.05) is 62.4 Å². The van der Waals surface area contributed by atoms with E-state index < -0.39 is 0 Å². The minimum atomic E-state index is 0.0393. The molecule has 0 aliphatic carbocycles. The summed E-state index contributed by atoms with van der Waals surface area (Å²) in [7, 11) is 4.13. The minimum Gasteiger partial charge on any atom is -0.493 e. The van der Waals surface area contributed by atoms with E-state index in [2.05, 4.69) is 43.3 Å². The van der Waals surface area contributed by atoms with Crippen molar-refractivity contribution in [3.05, 3.63) is 101 Å². The monoisotopic (exact) mass is 415 g/mol. The Morgan fingerprint density at radius 1 is 0.871 bits per heavy atom.